The zero-order chi connectivity index (χ0) is 14.4. The number of hydrogen-bond acceptors (Lipinski definition) is 3. The first kappa shape index (κ1) is 14.8. The van der Waals surface area contributed by atoms with Crippen molar-refractivity contribution in [2.75, 3.05) is 19.6 Å². The molecule has 2 amide bonds. The van der Waals surface area contributed by atoms with Gasteiger partial charge in [-0.05, 0) is 38.0 Å². The van der Waals surface area contributed by atoms with Gasteiger partial charge in [0.05, 0.1) is 6.34 Å². The van der Waals surface area contributed by atoms with Crippen molar-refractivity contribution in [3.63, 3.8) is 0 Å². The fourth-order valence-electron chi connectivity index (χ4n) is 3.14. The number of likely N-dealkylation sites (tertiary alicyclic amines) is 1. The molecule has 2 aliphatic rings. The van der Waals surface area contributed by atoms with Gasteiger partial charge in [0.1, 0.15) is 0 Å². The Hall–Kier alpha value is -1.59. The second-order valence-corrected chi connectivity index (χ2v) is 5.83. The number of hydrogen-bond donors (Lipinski definition) is 2. The summed E-state index contributed by atoms with van der Waals surface area (Å²) in [6.07, 6.45) is 7.03. The van der Waals surface area contributed by atoms with Crippen molar-refractivity contribution in [3.05, 3.63) is 0 Å². The third kappa shape index (κ3) is 3.95. The fraction of sp³-hybridized carbons (Fsp3) is 0.786. The summed E-state index contributed by atoms with van der Waals surface area (Å²) >= 11 is 0. The quantitative estimate of drug-likeness (QED) is 0.426. The molecule has 2 rings (SSSR count). The number of aliphatic imine (C=N–C) groups is 1. The standard InChI is InChI=1S/C14H24N4O2/c15-9-16-7-11-1-3-12(4-2-11)14(20)17-13-5-6-18(8-13)10-19/h9-13H,1-8H2,(H2,15,16)(H,17,20). The van der Waals surface area contributed by atoms with Crippen molar-refractivity contribution >= 4 is 18.7 Å². The molecular weight excluding hydrogens is 256 g/mol. The molecule has 1 saturated carbocycles. The first-order valence-corrected chi connectivity index (χ1v) is 7.42. The lowest BCUT2D eigenvalue weighted by Gasteiger charge is -2.27. The van der Waals surface area contributed by atoms with E-state index < -0.39 is 0 Å². The maximum atomic E-state index is 12.2. The summed E-state index contributed by atoms with van der Waals surface area (Å²) in [4.78, 5) is 28.7. The summed E-state index contributed by atoms with van der Waals surface area (Å²) in [7, 11) is 0. The SMILES string of the molecule is NC=NCC1CCC(C(=O)NC2CCN(C=O)C2)CC1. The molecule has 0 spiro atoms. The molecule has 1 atom stereocenters. The van der Waals surface area contributed by atoms with Crippen LogP contribution in [-0.4, -0.2) is 49.2 Å². The summed E-state index contributed by atoms with van der Waals surface area (Å²) in [6, 6.07) is 0.132. The molecule has 0 aromatic heterocycles. The lowest BCUT2D eigenvalue weighted by Crippen LogP contribution is -2.41. The molecule has 0 aromatic carbocycles. The largest absolute Gasteiger partial charge is 0.390 e. The van der Waals surface area contributed by atoms with Crippen molar-refractivity contribution < 1.29 is 9.59 Å². The van der Waals surface area contributed by atoms with Gasteiger partial charge in [0.15, 0.2) is 0 Å². The second kappa shape index (κ2) is 7.26. The Morgan fingerprint density at radius 1 is 1.30 bits per heavy atom. The van der Waals surface area contributed by atoms with Crippen LogP contribution in [0.5, 0.6) is 0 Å². The Morgan fingerprint density at radius 3 is 2.65 bits per heavy atom. The molecule has 1 aliphatic carbocycles. The summed E-state index contributed by atoms with van der Waals surface area (Å²) in [5.74, 6) is 0.845. The van der Waals surface area contributed by atoms with Gasteiger partial charge < -0.3 is 16.0 Å². The van der Waals surface area contributed by atoms with E-state index in [-0.39, 0.29) is 17.9 Å². The van der Waals surface area contributed by atoms with Crippen LogP contribution >= 0.6 is 0 Å². The van der Waals surface area contributed by atoms with E-state index in [4.69, 9.17) is 5.73 Å². The topological polar surface area (TPSA) is 87.8 Å². The number of nitrogens with two attached hydrogens (primary N) is 1. The average Bonchev–Trinajstić information content (AvgIpc) is 2.93. The van der Waals surface area contributed by atoms with Gasteiger partial charge in [-0.2, -0.15) is 0 Å². The van der Waals surface area contributed by atoms with Gasteiger partial charge in [-0.25, -0.2) is 0 Å². The first-order chi connectivity index (χ1) is 9.72. The van der Waals surface area contributed by atoms with Crippen LogP contribution in [0.3, 0.4) is 0 Å². The highest BCUT2D eigenvalue weighted by Gasteiger charge is 2.29. The highest BCUT2D eigenvalue weighted by Crippen LogP contribution is 2.29. The van der Waals surface area contributed by atoms with Crippen molar-refractivity contribution in [2.24, 2.45) is 22.6 Å². The molecule has 1 heterocycles. The van der Waals surface area contributed by atoms with E-state index in [0.29, 0.717) is 12.5 Å². The van der Waals surface area contributed by atoms with E-state index in [1.54, 1.807) is 4.90 Å². The van der Waals surface area contributed by atoms with E-state index in [0.717, 1.165) is 51.6 Å². The van der Waals surface area contributed by atoms with Gasteiger partial charge >= 0.3 is 0 Å². The van der Waals surface area contributed by atoms with Crippen LogP contribution in [0, 0.1) is 11.8 Å². The van der Waals surface area contributed by atoms with Crippen molar-refractivity contribution in [1.29, 1.82) is 0 Å². The Morgan fingerprint density at radius 2 is 2.05 bits per heavy atom. The van der Waals surface area contributed by atoms with Crippen molar-refractivity contribution in [1.82, 2.24) is 10.2 Å². The minimum absolute atomic E-state index is 0.124. The van der Waals surface area contributed by atoms with E-state index in [1.165, 1.54) is 6.34 Å². The Kier molecular flexibility index (Phi) is 5.38. The van der Waals surface area contributed by atoms with Gasteiger partial charge in [-0.15, -0.1) is 0 Å². The Bertz CT molecular complexity index is 364. The first-order valence-electron chi connectivity index (χ1n) is 7.42. The fourth-order valence-corrected chi connectivity index (χ4v) is 3.14. The minimum Gasteiger partial charge on any atom is -0.390 e. The molecule has 112 valence electrons. The van der Waals surface area contributed by atoms with Crippen LogP contribution in [-0.2, 0) is 9.59 Å². The zero-order valence-corrected chi connectivity index (χ0v) is 11.8. The molecule has 0 bridgehead atoms. The molecule has 0 aromatic rings. The molecule has 1 aliphatic heterocycles. The number of rotatable bonds is 5. The summed E-state index contributed by atoms with van der Waals surface area (Å²) in [5, 5.41) is 3.08. The predicted molar refractivity (Wildman–Crippen MR) is 77.2 cm³/mol. The highest BCUT2D eigenvalue weighted by molar-refractivity contribution is 5.79. The molecule has 2 fully saturated rings. The number of nitrogens with one attached hydrogen (secondary N) is 1. The smallest absolute Gasteiger partial charge is 0.223 e. The van der Waals surface area contributed by atoms with Crippen LogP contribution in [0.4, 0.5) is 0 Å². The minimum atomic E-state index is 0.124. The van der Waals surface area contributed by atoms with Crippen LogP contribution in [0.1, 0.15) is 32.1 Å². The third-order valence-electron chi connectivity index (χ3n) is 4.40. The Balaban J connectivity index is 1.71. The molecule has 20 heavy (non-hydrogen) atoms. The molecule has 1 unspecified atom stereocenters. The highest BCUT2D eigenvalue weighted by atomic mass is 16.2. The van der Waals surface area contributed by atoms with Gasteiger partial charge in [0, 0.05) is 31.6 Å². The third-order valence-corrected chi connectivity index (χ3v) is 4.40. The molecule has 6 heteroatoms. The van der Waals surface area contributed by atoms with Crippen molar-refractivity contribution in [2.45, 2.75) is 38.1 Å². The number of amides is 2. The van der Waals surface area contributed by atoms with Gasteiger partial charge in [-0.3, -0.25) is 14.6 Å². The zero-order valence-electron chi connectivity index (χ0n) is 11.8. The van der Waals surface area contributed by atoms with Gasteiger partial charge in [0.25, 0.3) is 0 Å². The summed E-state index contributed by atoms with van der Waals surface area (Å²) in [5.41, 5.74) is 5.25. The molecule has 6 nitrogen and oxygen atoms in total. The van der Waals surface area contributed by atoms with Crippen LogP contribution < -0.4 is 11.1 Å². The van der Waals surface area contributed by atoms with Gasteiger partial charge in [0.2, 0.25) is 12.3 Å². The summed E-state index contributed by atoms with van der Waals surface area (Å²) in [6.45, 7) is 2.18. The van der Waals surface area contributed by atoms with Gasteiger partial charge in [-0.1, -0.05) is 0 Å². The summed E-state index contributed by atoms with van der Waals surface area (Å²) < 4.78 is 0. The van der Waals surface area contributed by atoms with E-state index in [2.05, 4.69) is 10.3 Å². The lowest BCUT2D eigenvalue weighted by molar-refractivity contribution is -0.127. The van der Waals surface area contributed by atoms with E-state index >= 15 is 0 Å². The predicted octanol–water partition coefficient (Wildman–Crippen LogP) is 0.127. The molecule has 0 radical (unpaired) electrons. The monoisotopic (exact) mass is 280 g/mol. The maximum absolute atomic E-state index is 12.2. The number of carbonyl (C=O) groups is 2. The van der Waals surface area contributed by atoms with E-state index in [1.807, 2.05) is 0 Å². The molecular formula is C14H24N4O2. The van der Waals surface area contributed by atoms with Crippen LogP contribution in [0.2, 0.25) is 0 Å². The maximum Gasteiger partial charge on any atom is 0.223 e. The molecule has 3 N–H and O–H groups in total. The Labute approximate surface area is 119 Å². The van der Waals surface area contributed by atoms with E-state index in [9.17, 15) is 9.59 Å². The average molecular weight is 280 g/mol. The molecule has 1 saturated heterocycles. The van der Waals surface area contributed by atoms with Crippen molar-refractivity contribution in [3.8, 4) is 0 Å². The number of nitrogens with zero attached hydrogens (tertiary/aromatic N) is 2. The van der Waals surface area contributed by atoms with Crippen LogP contribution in [0.25, 0.3) is 0 Å². The second-order valence-electron chi connectivity index (χ2n) is 5.83. The normalized spacial score (nSPS) is 30.6. The van der Waals surface area contributed by atoms with Crippen LogP contribution in [0.15, 0.2) is 4.99 Å². The lowest BCUT2D eigenvalue weighted by atomic mass is 9.81. The number of carbonyl (C=O) groups excluding carboxylic acids is 2.